The van der Waals surface area contributed by atoms with E-state index in [-0.39, 0.29) is 0 Å². The maximum Gasteiger partial charge on any atom is 0.134 e. The zero-order valence-corrected chi connectivity index (χ0v) is 11.2. The topological polar surface area (TPSA) is 61.0 Å². The molecule has 0 atom stereocenters. The van der Waals surface area contributed by atoms with Crippen molar-refractivity contribution < 1.29 is 4.74 Å². The first kappa shape index (κ1) is 13.3. The van der Waals surface area contributed by atoms with Gasteiger partial charge in [-0.25, -0.2) is 9.97 Å². The molecule has 1 aromatic rings. The molecule has 100 valence electrons. The normalized spacial score (nSPS) is 18.3. The Bertz CT molecular complexity index is 373. The molecule has 4 heteroatoms. The molecule has 0 aromatic carbocycles. The van der Waals surface area contributed by atoms with E-state index in [1.54, 1.807) is 13.2 Å². The second kappa shape index (κ2) is 6.69. The average Bonchev–Trinajstić information content (AvgIpc) is 2.27. The van der Waals surface area contributed by atoms with Crippen molar-refractivity contribution in [3.05, 3.63) is 17.6 Å². The van der Waals surface area contributed by atoms with E-state index in [2.05, 4.69) is 9.97 Å². The van der Waals surface area contributed by atoms with Gasteiger partial charge in [0.15, 0.2) is 0 Å². The van der Waals surface area contributed by atoms with Crippen molar-refractivity contribution in [3.63, 3.8) is 0 Å². The van der Waals surface area contributed by atoms with Gasteiger partial charge in [-0.05, 0) is 12.8 Å². The molecule has 2 rings (SSSR count). The highest BCUT2D eigenvalue weighted by Gasteiger charge is 2.17. The van der Waals surface area contributed by atoms with E-state index in [0.717, 1.165) is 11.5 Å². The molecule has 18 heavy (non-hydrogen) atoms. The third-order valence-corrected chi connectivity index (χ3v) is 3.58. The minimum absolute atomic E-state index is 0.476. The number of nitrogens with zero attached hydrogens (tertiary/aromatic N) is 2. The summed E-state index contributed by atoms with van der Waals surface area (Å²) in [4.78, 5) is 9.03. The molecule has 1 aliphatic rings. The summed E-state index contributed by atoms with van der Waals surface area (Å²) in [6.45, 7) is 0.506. The predicted molar refractivity (Wildman–Crippen MR) is 72.2 cm³/mol. The van der Waals surface area contributed by atoms with Gasteiger partial charge in [0.25, 0.3) is 0 Å². The Kier molecular flexibility index (Phi) is 4.93. The van der Waals surface area contributed by atoms with E-state index < -0.39 is 0 Å². The third kappa shape index (κ3) is 3.67. The minimum Gasteiger partial charge on any atom is -0.384 e. The Labute approximate surface area is 109 Å². The second-order valence-electron chi connectivity index (χ2n) is 5.12. The van der Waals surface area contributed by atoms with Gasteiger partial charge in [0.2, 0.25) is 0 Å². The van der Waals surface area contributed by atoms with E-state index in [0.29, 0.717) is 18.3 Å². The van der Waals surface area contributed by atoms with Crippen LogP contribution in [0.1, 0.15) is 62.4 Å². The largest absolute Gasteiger partial charge is 0.384 e. The number of rotatable bonds is 3. The fourth-order valence-electron chi connectivity index (χ4n) is 2.66. The van der Waals surface area contributed by atoms with Crippen LogP contribution in [0.3, 0.4) is 0 Å². The highest BCUT2D eigenvalue weighted by Crippen LogP contribution is 2.29. The summed E-state index contributed by atoms with van der Waals surface area (Å²) in [7, 11) is 1.67. The van der Waals surface area contributed by atoms with Crippen LogP contribution in [0, 0.1) is 0 Å². The second-order valence-corrected chi connectivity index (χ2v) is 5.12. The molecule has 0 amide bonds. The van der Waals surface area contributed by atoms with Crippen molar-refractivity contribution in [1.29, 1.82) is 0 Å². The van der Waals surface area contributed by atoms with Gasteiger partial charge in [-0.3, -0.25) is 0 Å². The van der Waals surface area contributed by atoms with Gasteiger partial charge in [0, 0.05) is 19.1 Å². The van der Waals surface area contributed by atoms with E-state index in [1.165, 1.54) is 44.9 Å². The molecular formula is C14H23N3O. The van der Waals surface area contributed by atoms with Crippen molar-refractivity contribution in [2.45, 2.75) is 57.5 Å². The van der Waals surface area contributed by atoms with Crippen LogP contribution in [-0.4, -0.2) is 17.1 Å². The number of anilines is 1. The van der Waals surface area contributed by atoms with Gasteiger partial charge in [0.1, 0.15) is 11.6 Å². The molecular weight excluding hydrogens is 226 g/mol. The number of methoxy groups -OCH3 is 1. The van der Waals surface area contributed by atoms with Crippen molar-refractivity contribution in [2.24, 2.45) is 0 Å². The third-order valence-electron chi connectivity index (χ3n) is 3.58. The quantitative estimate of drug-likeness (QED) is 0.894. The number of aromatic nitrogens is 2. The summed E-state index contributed by atoms with van der Waals surface area (Å²) in [6.07, 6.45) is 8.99. The highest BCUT2D eigenvalue weighted by molar-refractivity contribution is 5.30. The van der Waals surface area contributed by atoms with Gasteiger partial charge in [-0.1, -0.05) is 32.1 Å². The predicted octanol–water partition coefficient (Wildman–Crippen LogP) is 3.03. The van der Waals surface area contributed by atoms with E-state index in [4.69, 9.17) is 10.5 Å². The van der Waals surface area contributed by atoms with E-state index in [1.807, 2.05) is 0 Å². The first-order valence-corrected chi connectivity index (χ1v) is 6.92. The number of ether oxygens (including phenoxy) is 1. The van der Waals surface area contributed by atoms with Crippen molar-refractivity contribution in [2.75, 3.05) is 12.8 Å². The van der Waals surface area contributed by atoms with Crippen LogP contribution in [0.5, 0.6) is 0 Å². The molecule has 1 heterocycles. The molecule has 1 aromatic heterocycles. The van der Waals surface area contributed by atoms with E-state index >= 15 is 0 Å². The number of hydrogen-bond acceptors (Lipinski definition) is 4. The van der Waals surface area contributed by atoms with Crippen LogP contribution in [-0.2, 0) is 11.3 Å². The van der Waals surface area contributed by atoms with Crippen molar-refractivity contribution in [1.82, 2.24) is 9.97 Å². The van der Waals surface area contributed by atoms with Crippen molar-refractivity contribution in [3.8, 4) is 0 Å². The van der Waals surface area contributed by atoms with Gasteiger partial charge in [-0.15, -0.1) is 0 Å². The first-order chi connectivity index (χ1) is 8.79. The van der Waals surface area contributed by atoms with Gasteiger partial charge in [0.05, 0.1) is 12.3 Å². The monoisotopic (exact) mass is 249 g/mol. The fraction of sp³-hybridized carbons (Fsp3) is 0.714. The lowest BCUT2D eigenvalue weighted by atomic mass is 9.90. The van der Waals surface area contributed by atoms with Gasteiger partial charge in [-0.2, -0.15) is 0 Å². The number of nitrogen functional groups attached to an aromatic ring is 1. The summed E-state index contributed by atoms with van der Waals surface area (Å²) in [5.41, 5.74) is 6.75. The molecule has 0 saturated heterocycles. The zero-order chi connectivity index (χ0) is 12.8. The number of nitrogens with two attached hydrogens (primary N) is 1. The molecule has 1 fully saturated rings. The molecule has 2 N–H and O–H groups in total. The first-order valence-electron chi connectivity index (χ1n) is 6.92. The van der Waals surface area contributed by atoms with Crippen LogP contribution in [0.15, 0.2) is 6.07 Å². The zero-order valence-electron chi connectivity index (χ0n) is 11.2. The highest BCUT2D eigenvalue weighted by atomic mass is 16.5. The Morgan fingerprint density at radius 2 is 1.83 bits per heavy atom. The van der Waals surface area contributed by atoms with Crippen LogP contribution in [0.25, 0.3) is 0 Å². The minimum atomic E-state index is 0.476. The Morgan fingerprint density at radius 3 is 2.50 bits per heavy atom. The maximum absolute atomic E-state index is 5.86. The van der Waals surface area contributed by atoms with Crippen LogP contribution >= 0.6 is 0 Å². The lowest BCUT2D eigenvalue weighted by molar-refractivity contribution is 0.181. The molecule has 4 nitrogen and oxygen atoms in total. The summed E-state index contributed by atoms with van der Waals surface area (Å²) in [5, 5.41) is 0. The van der Waals surface area contributed by atoms with Crippen LogP contribution in [0.2, 0.25) is 0 Å². The Morgan fingerprint density at radius 1 is 1.17 bits per heavy atom. The van der Waals surface area contributed by atoms with Gasteiger partial charge >= 0.3 is 0 Å². The van der Waals surface area contributed by atoms with Gasteiger partial charge < -0.3 is 10.5 Å². The van der Waals surface area contributed by atoms with Crippen molar-refractivity contribution >= 4 is 5.82 Å². The molecule has 1 aliphatic carbocycles. The Balaban J connectivity index is 2.14. The summed E-state index contributed by atoms with van der Waals surface area (Å²) in [5.74, 6) is 1.96. The smallest absolute Gasteiger partial charge is 0.134 e. The lowest BCUT2D eigenvalue weighted by Gasteiger charge is -2.19. The summed E-state index contributed by atoms with van der Waals surface area (Å²) < 4.78 is 5.12. The molecule has 0 unspecified atom stereocenters. The fourth-order valence-corrected chi connectivity index (χ4v) is 2.66. The SMILES string of the molecule is COCc1cc(N)nc(C2CCCCCCC2)n1. The summed E-state index contributed by atoms with van der Waals surface area (Å²) >= 11 is 0. The average molecular weight is 249 g/mol. The summed E-state index contributed by atoms with van der Waals surface area (Å²) in [6, 6.07) is 1.80. The molecule has 0 radical (unpaired) electrons. The lowest BCUT2D eigenvalue weighted by Crippen LogP contribution is -2.10. The molecule has 0 spiro atoms. The van der Waals surface area contributed by atoms with Crippen LogP contribution in [0.4, 0.5) is 5.82 Å². The maximum atomic E-state index is 5.86. The molecule has 0 bridgehead atoms. The molecule has 0 aliphatic heterocycles. The Hall–Kier alpha value is -1.16. The molecule has 1 saturated carbocycles. The van der Waals surface area contributed by atoms with Crippen LogP contribution < -0.4 is 5.73 Å². The number of hydrogen-bond donors (Lipinski definition) is 1. The standard InChI is InChI=1S/C14H23N3O/c1-18-10-12-9-13(15)17-14(16-12)11-7-5-3-2-4-6-8-11/h9,11H,2-8,10H2,1H3,(H2,15,16,17). The van der Waals surface area contributed by atoms with E-state index in [9.17, 15) is 0 Å².